The van der Waals surface area contributed by atoms with E-state index in [0.29, 0.717) is 12.2 Å². The predicted molar refractivity (Wildman–Crippen MR) is 104 cm³/mol. The van der Waals surface area contributed by atoms with Gasteiger partial charge in [-0.15, -0.1) is 11.3 Å². The van der Waals surface area contributed by atoms with Gasteiger partial charge in [-0.05, 0) is 51.0 Å². The Balaban J connectivity index is 1.82. The summed E-state index contributed by atoms with van der Waals surface area (Å²) in [6.07, 6.45) is 9.56. The van der Waals surface area contributed by atoms with Crippen molar-refractivity contribution >= 4 is 39.1 Å². The van der Waals surface area contributed by atoms with E-state index >= 15 is 0 Å². The molecule has 0 aliphatic heterocycles. The lowest BCUT2D eigenvalue weighted by molar-refractivity contribution is -0.116. The molecule has 1 fully saturated rings. The van der Waals surface area contributed by atoms with E-state index in [1.807, 2.05) is 4.57 Å². The fraction of sp³-hybridized carbons (Fsp3) is 0.632. The Kier molecular flexibility index (Phi) is 5.00. The van der Waals surface area contributed by atoms with Crippen molar-refractivity contribution in [2.75, 3.05) is 5.75 Å². The largest absolute Gasteiger partial charge is 0.300 e. The number of carbonyl (C=O) groups excluding carboxylic acids is 1. The molecule has 2 aromatic heterocycles. The highest BCUT2D eigenvalue weighted by molar-refractivity contribution is 7.99. The minimum atomic E-state index is 0.168. The molecule has 134 valence electrons. The van der Waals surface area contributed by atoms with Crippen molar-refractivity contribution in [3.63, 3.8) is 0 Å². The van der Waals surface area contributed by atoms with Gasteiger partial charge < -0.3 is 0 Å². The summed E-state index contributed by atoms with van der Waals surface area (Å²) in [7, 11) is 0. The molecule has 6 heteroatoms. The molecule has 0 saturated heterocycles. The second kappa shape index (κ2) is 7.23. The van der Waals surface area contributed by atoms with Crippen LogP contribution in [0.1, 0.15) is 68.4 Å². The van der Waals surface area contributed by atoms with Gasteiger partial charge in [0, 0.05) is 23.1 Å². The summed E-state index contributed by atoms with van der Waals surface area (Å²) in [5, 5.41) is 1.71. The first-order valence-corrected chi connectivity index (χ1v) is 11.1. The number of rotatable bonds is 5. The highest BCUT2D eigenvalue weighted by atomic mass is 32.2. The maximum Gasteiger partial charge on any atom is 0.263 e. The van der Waals surface area contributed by atoms with Crippen LogP contribution in [0.2, 0.25) is 0 Å². The molecule has 0 spiro atoms. The van der Waals surface area contributed by atoms with E-state index in [0.717, 1.165) is 41.1 Å². The Morgan fingerprint density at radius 1 is 1.24 bits per heavy atom. The number of Topliss-reactive ketones (excluding diaryl/α,β-unsaturated/α-hetero) is 1. The number of ketones is 1. The van der Waals surface area contributed by atoms with E-state index in [1.54, 1.807) is 30.0 Å². The zero-order valence-corrected chi connectivity index (χ0v) is 16.3. The van der Waals surface area contributed by atoms with Gasteiger partial charge >= 0.3 is 0 Å². The molecule has 0 radical (unpaired) electrons. The number of carbonyl (C=O) groups is 1. The number of aromatic nitrogens is 2. The Morgan fingerprint density at radius 3 is 2.76 bits per heavy atom. The van der Waals surface area contributed by atoms with E-state index < -0.39 is 0 Å². The fourth-order valence-electron chi connectivity index (χ4n) is 4.07. The number of thiophene rings is 1. The van der Waals surface area contributed by atoms with E-state index in [-0.39, 0.29) is 17.4 Å². The van der Waals surface area contributed by atoms with Gasteiger partial charge in [-0.2, -0.15) is 0 Å². The Labute approximate surface area is 156 Å². The molecule has 4 rings (SSSR count). The molecule has 1 saturated carbocycles. The number of hydrogen-bond donors (Lipinski definition) is 0. The van der Waals surface area contributed by atoms with Crippen molar-refractivity contribution < 1.29 is 4.79 Å². The van der Waals surface area contributed by atoms with Crippen LogP contribution >= 0.6 is 23.1 Å². The third-order valence-corrected chi connectivity index (χ3v) is 7.50. The summed E-state index contributed by atoms with van der Waals surface area (Å²) < 4.78 is 1.97. The van der Waals surface area contributed by atoms with Crippen molar-refractivity contribution in [3.05, 3.63) is 20.8 Å². The van der Waals surface area contributed by atoms with Gasteiger partial charge in [-0.25, -0.2) is 4.98 Å². The minimum Gasteiger partial charge on any atom is -0.300 e. The zero-order chi connectivity index (χ0) is 17.4. The smallest absolute Gasteiger partial charge is 0.263 e. The number of thioether (sulfide) groups is 1. The molecule has 0 atom stereocenters. The normalized spacial score (nSPS) is 18.0. The monoisotopic (exact) mass is 376 g/mol. The van der Waals surface area contributed by atoms with Crippen LogP contribution in [0, 0.1) is 0 Å². The second-order valence-electron chi connectivity index (χ2n) is 7.20. The lowest BCUT2D eigenvalue weighted by atomic mass is 9.97. The number of fused-ring (bicyclic) bond motifs is 3. The van der Waals surface area contributed by atoms with Crippen molar-refractivity contribution in [2.24, 2.45) is 0 Å². The standard InChI is InChI=1S/C19H24N2O2S2/c1-12(22)10-11-24-19-20-17-16(14-8-4-5-9-15(14)25-17)18(23)21(19)13-6-2-3-7-13/h13H,2-11H2,1H3. The molecule has 0 aromatic carbocycles. The van der Waals surface area contributed by atoms with Crippen molar-refractivity contribution in [1.82, 2.24) is 9.55 Å². The lowest BCUT2D eigenvalue weighted by Gasteiger charge is -2.18. The van der Waals surface area contributed by atoms with Crippen LogP contribution < -0.4 is 5.56 Å². The first-order chi connectivity index (χ1) is 12.1. The highest BCUT2D eigenvalue weighted by Crippen LogP contribution is 2.37. The van der Waals surface area contributed by atoms with Crippen molar-refractivity contribution in [2.45, 2.75) is 75.9 Å². The molecule has 2 heterocycles. The number of hydrogen-bond acceptors (Lipinski definition) is 5. The van der Waals surface area contributed by atoms with E-state index in [1.165, 1.54) is 36.1 Å². The molecule has 4 nitrogen and oxygen atoms in total. The quantitative estimate of drug-likeness (QED) is 0.568. The van der Waals surface area contributed by atoms with Crippen LogP contribution in [0.4, 0.5) is 0 Å². The average molecular weight is 377 g/mol. The molecule has 0 bridgehead atoms. The average Bonchev–Trinajstić information content (AvgIpc) is 3.21. The molecular weight excluding hydrogens is 352 g/mol. The Morgan fingerprint density at radius 2 is 2.00 bits per heavy atom. The van der Waals surface area contributed by atoms with E-state index in [9.17, 15) is 9.59 Å². The summed E-state index contributed by atoms with van der Waals surface area (Å²) in [4.78, 5) is 31.9. The lowest BCUT2D eigenvalue weighted by Crippen LogP contribution is -2.26. The zero-order valence-electron chi connectivity index (χ0n) is 14.7. The molecule has 2 aliphatic carbocycles. The second-order valence-corrected chi connectivity index (χ2v) is 9.35. The first-order valence-electron chi connectivity index (χ1n) is 9.34. The Hall–Kier alpha value is -1.14. The molecule has 0 N–H and O–H groups in total. The fourth-order valence-corrected chi connectivity index (χ4v) is 6.48. The molecule has 2 aliphatic rings. The SMILES string of the molecule is CC(=O)CCSc1nc2sc3c(c2c(=O)n1C1CCCC1)CCCC3. The molecule has 25 heavy (non-hydrogen) atoms. The summed E-state index contributed by atoms with van der Waals surface area (Å²) in [5.41, 5.74) is 1.44. The van der Waals surface area contributed by atoms with Gasteiger partial charge in [0.1, 0.15) is 10.6 Å². The van der Waals surface area contributed by atoms with Gasteiger partial charge in [0.25, 0.3) is 5.56 Å². The summed E-state index contributed by atoms with van der Waals surface area (Å²) in [6, 6.07) is 0.281. The van der Waals surface area contributed by atoms with Gasteiger partial charge in [-0.3, -0.25) is 14.2 Å². The third kappa shape index (κ3) is 3.31. The topological polar surface area (TPSA) is 52.0 Å². The molecular formula is C19H24N2O2S2. The maximum absolute atomic E-state index is 13.4. The first kappa shape index (κ1) is 17.3. The third-order valence-electron chi connectivity index (χ3n) is 5.36. The summed E-state index contributed by atoms with van der Waals surface area (Å²) in [6.45, 7) is 1.62. The summed E-state index contributed by atoms with van der Waals surface area (Å²) in [5.74, 6) is 0.889. The van der Waals surface area contributed by atoms with Crippen LogP contribution in [0.15, 0.2) is 9.95 Å². The molecule has 0 amide bonds. The number of aryl methyl sites for hydroxylation is 2. The van der Waals surface area contributed by atoms with Gasteiger partial charge in [0.15, 0.2) is 5.16 Å². The van der Waals surface area contributed by atoms with Crippen LogP contribution in [0.25, 0.3) is 10.2 Å². The molecule has 2 aromatic rings. The highest BCUT2D eigenvalue weighted by Gasteiger charge is 2.26. The van der Waals surface area contributed by atoms with Crippen molar-refractivity contribution in [1.29, 1.82) is 0 Å². The number of nitrogens with zero attached hydrogens (tertiary/aromatic N) is 2. The Bertz CT molecular complexity index is 862. The van der Waals surface area contributed by atoms with Crippen LogP contribution in [-0.2, 0) is 17.6 Å². The maximum atomic E-state index is 13.4. The van der Waals surface area contributed by atoms with Crippen LogP contribution in [0.3, 0.4) is 0 Å². The van der Waals surface area contributed by atoms with Gasteiger partial charge in [0.05, 0.1) is 5.39 Å². The predicted octanol–water partition coefficient (Wildman–Crippen LogP) is 4.52. The minimum absolute atomic E-state index is 0.168. The van der Waals surface area contributed by atoms with Crippen LogP contribution in [0.5, 0.6) is 0 Å². The summed E-state index contributed by atoms with van der Waals surface area (Å²) >= 11 is 3.29. The van der Waals surface area contributed by atoms with Crippen molar-refractivity contribution in [3.8, 4) is 0 Å². The molecule has 0 unspecified atom stereocenters. The van der Waals surface area contributed by atoms with Crippen LogP contribution in [-0.4, -0.2) is 21.1 Å². The van der Waals surface area contributed by atoms with Gasteiger partial charge in [-0.1, -0.05) is 24.6 Å². The van der Waals surface area contributed by atoms with E-state index in [2.05, 4.69) is 0 Å². The van der Waals surface area contributed by atoms with E-state index in [4.69, 9.17) is 4.98 Å². The van der Waals surface area contributed by atoms with Gasteiger partial charge in [0.2, 0.25) is 0 Å².